The van der Waals surface area contributed by atoms with Crippen molar-refractivity contribution in [1.29, 1.82) is 0 Å². The summed E-state index contributed by atoms with van der Waals surface area (Å²) < 4.78 is 10.9. The van der Waals surface area contributed by atoms with Gasteiger partial charge in [-0.1, -0.05) is 19.9 Å². The Kier molecular flexibility index (Phi) is 14.4. The van der Waals surface area contributed by atoms with Gasteiger partial charge in [0.05, 0.1) is 17.2 Å². The number of carbonyl (C=O) groups excluding carboxylic acids is 6. The van der Waals surface area contributed by atoms with E-state index < -0.39 is 108 Å². The first kappa shape index (κ1) is 42.4. The van der Waals surface area contributed by atoms with Crippen LogP contribution in [0.25, 0.3) is 0 Å². The first-order chi connectivity index (χ1) is 24.1. The zero-order valence-electron chi connectivity index (χ0n) is 30.0. The number of carboxylic acids is 1. The van der Waals surface area contributed by atoms with Gasteiger partial charge in [-0.3, -0.25) is 33.7 Å². The van der Waals surface area contributed by atoms with E-state index in [1.165, 1.54) is 6.92 Å². The number of carbonyl (C=O) groups is 7. The van der Waals surface area contributed by atoms with Gasteiger partial charge in [0.1, 0.15) is 43.5 Å². The van der Waals surface area contributed by atoms with E-state index in [9.17, 15) is 54.0 Å². The van der Waals surface area contributed by atoms with Crippen LogP contribution in [-0.2, 0) is 56.1 Å². The van der Waals surface area contributed by atoms with E-state index in [0.29, 0.717) is 11.1 Å². The third-order valence-corrected chi connectivity index (χ3v) is 9.22. The number of aliphatic hydroxyl groups is 3. The SMILES string of the molecule is CC(C)[C@H](NC(=O)CN1C(=O)CC(P)C1=O)C(=O)N[C@@H](C)C(=O)Nc1ccc(COC(=O)C(C)(C)C)c(CC[C@@H]2O[C@H](C(=O)O)[C@@H](O)[C@H](O)[C@H]2O)c1. The maximum Gasteiger partial charge on any atom is 0.335 e. The van der Waals surface area contributed by atoms with Crippen LogP contribution in [0.1, 0.15) is 65.5 Å². The van der Waals surface area contributed by atoms with E-state index in [4.69, 9.17) is 9.47 Å². The molecule has 0 aromatic heterocycles. The Bertz CT molecular complexity index is 1550. The summed E-state index contributed by atoms with van der Waals surface area (Å²) in [7, 11) is 2.25. The third kappa shape index (κ3) is 10.8. The molecule has 18 heteroatoms. The minimum Gasteiger partial charge on any atom is -0.479 e. The summed E-state index contributed by atoms with van der Waals surface area (Å²) in [6.07, 6.45) is -8.16. The molecule has 2 unspecified atom stereocenters. The molecule has 2 fully saturated rings. The summed E-state index contributed by atoms with van der Waals surface area (Å²) in [5.41, 5.74) is -0.0870. The van der Waals surface area contributed by atoms with Gasteiger partial charge in [-0.2, -0.15) is 0 Å². The number of hydrogen-bond acceptors (Lipinski definition) is 12. The summed E-state index contributed by atoms with van der Waals surface area (Å²) in [4.78, 5) is 88.2. The third-order valence-electron chi connectivity index (χ3n) is 8.70. The topological polar surface area (TPSA) is 258 Å². The molecule has 2 aliphatic heterocycles. The Morgan fingerprint density at radius 2 is 1.63 bits per heavy atom. The van der Waals surface area contributed by atoms with Crippen molar-refractivity contribution in [3.8, 4) is 0 Å². The fourth-order valence-corrected chi connectivity index (χ4v) is 5.90. The van der Waals surface area contributed by atoms with Crippen molar-refractivity contribution >= 4 is 56.4 Å². The quantitative estimate of drug-likeness (QED) is 0.0701. The molecule has 288 valence electrons. The second-order valence-electron chi connectivity index (χ2n) is 14.4. The number of hydrogen-bond donors (Lipinski definition) is 7. The monoisotopic (exact) mass is 752 g/mol. The van der Waals surface area contributed by atoms with Gasteiger partial charge < -0.3 is 45.9 Å². The van der Waals surface area contributed by atoms with Crippen molar-refractivity contribution < 1.29 is 63.5 Å². The molecule has 9 atom stereocenters. The number of aliphatic carboxylic acids is 1. The van der Waals surface area contributed by atoms with Crippen LogP contribution in [0.3, 0.4) is 0 Å². The maximum absolute atomic E-state index is 13.2. The van der Waals surface area contributed by atoms with Gasteiger partial charge in [-0.05, 0) is 69.7 Å². The van der Waals surface area contributed by atoms with Gasteiger partial charge in [0, 0.05) is 12.1 Å². The number of aryl methyl sites for hydroxylation is 1. The Balaban J connectivity index is 1.72. The lowest BCUT2D eigenvalue weighted by molar-refractivity contribution is -0.228. The van der Waals surface area contributed by atoms with Crippen molar-refractivity contribution in [2.45, 2.75) is 116 Å². The lowest BCUT2D eigenvalue weighted by atomic mass is 9.91. The van der Waals surface area contributed by atoms with Crippen LogP contribution in [0.2, 0.25) is 0 Å². The minimum absolute atomic E-state index is 0.0286. The molecule has 0 spiro atoms. The smallest absolute Gasteiger partial charge is 0.335 e. The molecule has 1 aromatic carbocycles. The molecule has 52 heavy (non-hydrogen) atoms. The van der Waals surface area contributed by atoms with Crippen molar-refractivity contribution in [2.24, 2.45) is 11.3 Å². The van der Waals surface area contributed by atoms with Crippen LogP contribution < -0.4 is 16.0 Å². The van der Waals surface area contributed by atoms with E-state index in [1.54, 1.807) is 52.8 Å². The van der Waals surface area contributed by atoms with Gasteiger partial charge in [0.2, 0.25) is 29.5 Å². The van der Waals surface area contributed by atoms with Crippen LogP contribution in [0.5, 0.6) is 0 Å². The van der Waals surface area contributed by atoms with Crippen LogP contribution in [0.15, 0.2) is 18.2 Å². The molecule has 0 aliphatic carbocycles. The molecule has 2 heterocycles. The van der Waals surface area contributed by atoms with Crippen LogP contribution in [-0.4, -0.2) is 122 Å². The van der Waals surface area contributed by atoms with E-state index >= 15 is 0 Å². The molecule has 2 saturated heterocycles. The lowest BCUT2D eigenvalue weighted by Gasteiger charge is -2.39. The average molecular weight is 753 g/mol. The normalized spacial score (nSPS) is 24.6. The van der Waals surface area contributed by atoms with Crippen molar-refractivity contribution in [1.82, 2.24) is 15.5 Å². The van der Waals surface area contributed by atoms with Gasteiger partial charge in [0.25, 0.3) is 0 Å². The standard InChI is InChI=1S/C34H49N4O13P/c1-15(2)24(37-22(39)13-38-23(40)12-21(52)31(38)46)30(45)35-16(3)29(44)36-19-9-7-18(14-50-33(49)34(4,5)6)17(11-19)8-10-20-25(41)26(42)27(43)28(51-20)32(47)48/h7,9,11,15-16,20-21,24-28,41-43H,8,10,12-14,52H2,1-6H3,(H,35,45)(H,36,44)(H,37,39)(H,47,48)/t16-,20-,21?,24-,25-,26+,27-,28-/m0/s1. The maximum atomic E-state index is 13.2. The Morgan fingerprint density at radius 3 is 2.19 bits per heavy atom. The number of nitrogens with one attached hydrogen (secondary N) is 3. The van der Waals surface area contributed by atoms with Crippen LogP contribution in [0, 0.1) is 11.3 Å². The number of amides is 5. The molecule has 0 bridgehead atoms. The molecule has 0 saturated carbocycles. The first-order valence-electron chi connectivity index (χ1n) is 16.8. The average Bonchev–Trinajstić information content (AvgIpc) is 3.29. The van der Waals surface area contributed by atoms with Crippen molar-refractivity contribution in [3.63, 3.8) is 0 Å². The summed E-state index contributed by atoms with van der Waals surface area (Å²) in [6, 6.07) is 2.51. The van der Waals surface area contributed by atoms with Gasteiger partial charge >= 0.3 is 11.9 Å². The number of carboxylic acid groups (broad SMARTS) is 1. The predicted octanol–water partition coefficient (Wildman–Crippen LogP) is -0.770. The number of likely N-dealkylation sites (tertiary alicyclic amines) is 1. The molecular formula is C34H49N4O13P. The largest absolute Gasteiger partial charge is 0.479 e. The Labute approximate surface area is 303 Å². The highest BCUT2D eigenvalue weighted by atomic mass is 31.0. The predicted molar refractivity (Wildman–Crippen MR) is 186 cm³/mol. The number of rotatable bonds is 14. The molecule has 17 nitrogen and oxygen atoms in total. The van der Waals surface area contributed by atoms with E-state index in [1.807, 2.05) is 0 Å². The molecular weight excluding hydrogens is 703 g/mol. The highest BCUT2D eigenvalue weighted by Crippen LogP contribution is 2.27. The molecule has 5 amide bonds. The Hall–Kier alpha value is -4.02. The molecule has 2 aliphatic rings. The highest BCUT2D eigenvalue weighted by molar-refractivity contribution is 7.19. The molecule has 7 N–H and O–H groups in total. The Morgan fingerprint density at radius 1 is 0.981 bits per heavy atom. The number of imide groups is 1. The number of nitrogens with zero attached hydrogens (tertiary/aromatic N) is 1. The molecule has 0 radical (unpaired) electrons. The highest BCUT2D eigenvalue weighted by Gasteiger charge is 2.46. The van der Waals surface area contributed by atoms with Gasteiger partial charge in [-0.15, -0.1) is 9.24 Å². The van der Waals surface area contributed by atoms with Crippen molar-refractivity contribution in [3.05, 3.63) is 29.3 Å². The van der Waals surface area contributed by atoms with Crippen LogP contribution in [0.4, 0.5) is 5.69 Å². The number of benzene rings is 1. The lowest BCUT2D eigenvalue weighted by Crippen LogP contribution is -2.59. The summed E-state index contributed by atoms with van der Waals surface area (Å²) >= 11 is 0. The van der Waals surface area contributed by atoms with E-state index in [0.717, 1.165) is 4.90 Å². The van der Waals surface area contributed by atoms with Crippen LogP contribution >= 0.6 is 9.24 Å². The number of aliphatic hydroxyl groups excluding tert-OH is 3. The van der Waals surface area contributed by atoms with E-state index in [2.05, 4.69) is 25.2 Å². The second-order valence-corrected chi connectivity index (χ2v) is 15.2. The number of ether oxygens (including phenoxy) is 2. The van der Waals surface area contributed by atoms with Gasteiger partial charge in [-0.25, -0.2) is 4.79 Å². The summed E-state index contributed by atoms with van der Waals surface area (Å²) in [5.74, 6) is -5.45. The van der Waals surface area contributed by atoms with Crippen molar-refractivity contribution in [2.75, 3.05) is 11.9 Å². The summed E-state index contributed by atoms with van der Waals surface area (Å²) in [5, 5.41) is 48.0. The molecule has 1 aromatic rings. The van der Waals surface area contributed by atoms with Gasteiger partial charge in [0.15, 0.2) is 6.10 Å². The zero-order chi connectivity index (χ0) is 39.2. The number of anilines is 1. The number of esters is 1. The zero-order valence-corrected chi connectivity index (χ0v) is 31.1. The molecule has 3 rings (SSSR count). The minimum atomic E-state index is -1.85. The second kappa shape index (κ2) is 17.7. The van der Waals surface area contributed by atoms with E-state index in [-0.39, 0.29) is 31.6 Å². The summed E-state index contributed by atoms with van der Waals surface area (Å²) in [6.45, 7) is 9.13. The first-order valence-corrected chi connectivity index (χ1v) is 17.5. The fraction of sp³-hybridized carbons (Fsp3) is 0.618. The fourth-order valence-electron chi connectivity index (χ4n) is 5.52.